The molecule has 3 rings (SSSR count). The van der Waals surface area contributed by atoms with Crippen molar-refractivity contribution in [2.45, 2.75) is 4.75 Å². The van der Waals surface area contributed by atoms with E-state index in [1.165, 1.54) is 42.5 Å². The maximum atomic E-state index is 12.9. The minimum atomic E-state index is -5.08. The van der Waals surface area contributed by atoms with Crippen molar-refractivity contribution < 1.29 is 23.2 Å². The zero-order chi connectivity index (χ0) is 21.6. The van der Waals surface area contributed by atoms with Crippen LogP contribution in [0, 0.1) is 0 Å². The Bertz CT molecular complexity index is 1210. The zero-order valence-corrected chi connectivity index (χ0v) is 18.1. The molecule has 0 fully saturated rings. The van der Waals surface area contributed by atoms with Crippen LogP contribution in [0.3, 0.4) is 0 Å². The molecule has 3 aromatic carbocycles. The van der Waals surface area contributed by atoms with E-state index >= 15 is 0 Å². The van der Waals surface area contributed by atoms with Gasteiger partial charge in [-0.25, -0.2) is 0 Å². The molecule has 0 heterocycles. The smallest absolute Gasteiger partial charge is 0.283 e. The molecule has 0 aliphatic rings. The third-order valence-electron chi connectivity index (χ3n) is 4.38. The van der Waals surface area contributed by atoms with Crippen LogP contribution in [0.2, 0.25) is 20.1 Å². The van der Waals surface area contributed by atoms with Gasteiger partial charge in [0.15, 0.2) is 4.75 Å². The van der Waals surface area contributed by atoms with E-state index in [2.05, 4.69) is 0 Å². The van der Waals surface area contributed by atoms with Gasteiger partial charge in [0.25, 0.3) is 10.1 Å². The molecule has 10 heteroatoms. The summed E-state index contributed by atoms with van der Waals surface area (Å²) in [6, 6.07) is 11.6. The predicted octanol–water partition coefficient (Wildman–Crippen LogP) is 5.89. The van der Waals surface area contributed by atoms with Gasteiger partial charge in [0.1, 0.15) is 11.5 Å². The lowest BCUT2D eigenvalue weighted by Gasteiger charge is -2.33. The predicted molar refractivity (Wildman–Crippen MR) is 114 cm³/mol. The first-order chi connectivity index (χ1) is 13.5. The van der Waals surface area contributed by atoms with Gasteiger partial charge >= 0.3 is 0 Å². The van der Waals surface area contributed by atoms with Crippen molar-refractivity contribution in [2.24, 2.45) is 0 Å². The van der Waals surface area contributed by atoms with Crippen LogP contribution in [0.15, 0.2) is 54.6 Å². The van der Waals surface area contributed by atoms with E-state index in [1.54, 1.807) is 0 Å². The highest BCUT2D eigenvalue weighted by Crippen LogP contribution is 2.50. The molecule has 3 N–H and O–H groups in total. The van der Waals surface area contributed by atoms with E-state index < -0.39 is 26.4 Å². The van der Waals surface area contributed by atoms with E-state index in [0.717, 1.165) is 12.1 Å². The number of rotatable bonds is 4. The molecule has 0 radical (unpaired) electrons. The third kappa shape index (κ3) is 3.77. The van der Waals surface area contributed by atoms with Crippen molar-refractivity contribution in [3.8, 4) is 11.5 Å². The minimum Gasteiger partial charge on any atom is -0.506 e. The van der Waals surface area contributed by atoms with Crippen LogP contribution in [0.25, 0.3) is 0 Å². The third-order valence-corrected chi connectivity index (χ3v) is 6.90. The van der Waals surface area contributed by atoms with Crippen LogP contribution in [-0.2, 0) is 14.9 Å². The number of halogens is 4. The number of aromatic hydroxyl groups is 2. The van der Waals surface area contributed by atoms with E-state index in [4.69, 9.17) is 46.4 Å². The molecule has 152 valence electrons. The fourth-order valence-electron chi connectivity index (χ4n) is 3.19. The van der Waals surface area contributed by atoms with Crippen molar-refractivity contribution in [1.82, 2.24) is 0 Å². The maximum Gasteiger partial charge on any atom is 0.283 e. The Hall–Kier alpha value is -1.67. The molecule has 0 aliphatic carbocycles. The fraction of sp³-hybridized carbons (Fsp3) is 0.0526. The maximum absolute atomic E-state index is 12.9. The van der Waals surface area contributed by atoms with E-state index in [0.29, 0.717) is 0 Å². The van der Waals surface area contributed by atoms with Crippen LogP contribution >= 0.6 is 46.4 Å². The molecular formula is C19H12Cl4O5S. The van der Waals surface area contributed by atoms with Crippen LogP contribution < -0.4 is 0 Å². The minimum absolute atomic E-state index is 0.0102. The number of hydrogen-bond donors (Lipinski definition) is 3. The summed E-state index contributed by atoms with van der Waals surface area (Å²) >= 11 is 24.0. The Morgan fingerprint density at radius 2 is 1.41 bits per heavy atom. The zero-order valence-electron chi connectivity index (χ0n) is 14.3. The molecule has 0 aromatic heterocycles. The standard InChI is InChI=1S/C19H12Cl4O5S/c20-12-3-1-2-10(6-12)19(29(26,27)28,11-4-5-15(22)17(24)7-11)14-8-13(21)9-16(23)18(14)25/h1-9,24-25H,(H,26,27,28). The van der Waals surface area contributed by atoms with Gasteiger partial charge in [-0.2, -0.15) is 8.42 Å². The van der Waals surface area contributed by atoms with Gasteiger partial charge in [-0.1, -0.05) is 64.6 Å². The van der Waals surface area contributed by atoms with E-state index in [-0.39, 0.29) is 36.8 Å². The molecule has 5 nitrogen and oxygen atoms in total. The lowest BCUT2D eigenvalue weighted by Crippen LogP contribution is -2.38. The lowest BCUT2D eigenvalue weighted by atomic mass is 9.83. The Balaban J connectivity index is 2.60. The highest BCUT2D eigenvalue weighted by atomic mass is 35.5. The summed E-state index contributed by atoms with van der Waals surface area (Å²) in [5.41, 5.74) is -0.484. The topological polar surface area (TPSA) is 94.8 Å². The molecule has 0 bridgehead atoms. The second-order valence-corrected chi connectivity index (χ2v) is 9.37. The van der Waals surface area contributed by atoms with Crippen LogP contribution in [0.4, 0.5) is 0 Å². The highest BCUT2D eigenvalue weighted by molar-refractivity contribution is 7.87. The van der Waals surface area contributed by atoms with Crippen LogP contribution in [0.5, 0.6) is 11.5 Å². The summed E-state index contributed by atoms with van der Waals surface area (Å²) in [6.45, 7) is 0. The van der Waals surface area contributed by atoms with Crippen molar-refractivity contribution >= 4 is 56.5 Å². The van der Waals surface area contributed by atoms with Gasteiger partial charge in [0.05, 0.1) is 10.0 Å². The van der Waals surface area contributed by atoms with E-state index in [9.17, 15) is 23.2 Å². The van der Waals surface area contributed by atoms with Gasteiger partial charge in [-0.15, -0.1) is 0 Å². The van der Waals surface area contributed by atoms with Gasteiger partial charge in [-0.05, 0) is 47.5 Å². The first-order valence-electron chi connectivity index (χ1n) is 7.89. The monoisotopic (exact) mass is 492 g/mol. The summed E-state index contributed by atoms with van der Waals surface area (Å²) < 4.78 is 33.9. The summed E-state index contributed by atoms with van der Waals surface area (Å²) in [5, 5.41) is 20.7. The Morgan fingerprint density at radius 3 is 2.00 bits per heavy atom. The first-order valence-corrected chi connectivity index (χ1v) is 10.8. The molecule has 0 saturated heterocycles. The number of phenolic OH excluding ortho intramolecular Hbond substituents is 2. The van der Waals surface area contributed by atoms with Crippen molar-refractivity contribution in [3.05, 3.63) is 91.4 Å². The lowest BCUT2D eigenvalue weighted by molar-refractivity contribution is 0.439. The molecule has 0 spiro atoms. The molecule has 0 aliphatic heterocycles. The van der Waals surface area contributed by atoms with Gasteiger partial charge < -0.3 is 10.2 Å². The van der Waals surface area contributed by atoms with Gasteiger partial charge in [0, 0.05) is 15.6 Å². The molecule has 29 heavy (non-hydrogen) atoms. The molecule has 1 unspecified atom stereocenters. The second kappa shape index (κ2) is 7.87. The van der Waals surface area contributed by atoms with Crippen molar-refractivity contribution in [2.75, 3.05) is 0 Å². The molecule has 0 saturated carbocycles. The average molecular weight is 494 g/mol. The quantitative estimate of drug-likeness (QED) is 0.311. The number of phenols is 2. The first kappa shape index (κ1) is 22.0. The molecule has 1 atom stereocenters. The molecule has 0 amide bonds. The van der Waals surface area contributed by atoms with Gasteiger partial charge in [-0.3, -0.25) is 4.55 Å². The Labute approximate surface area is 186 Å². The summed E-state index contributed by atoms with van der Waals surface area (Å²) in [5.74, 6) is -1.06. The van der Waals surface area contributed by atoms with Crippen molar-refractivity contribution in [3.63, 3.8) is 0 Å². The largest absolute Gasteiger partial charge is 0.506 e. The van der Waals surface area contributed by atoms with E-state index in [1.807, 2.05) is 0 Å². The SMILES string of the molecule is O=S(=O)(O)C(c1cccc(Cl)c1)(c1ccc(Cl)c(O)c1)c1cc(Cl)cc(Cl)c1O. The summed E-state index contributed by atoms with van der Waals surface area (Å²) in [6.07, 6.45) is 0. The summed E-state index contributed by atoms with van der Waals surface area (Å²) in [4.78, 5) is 0. The van der Waals surface area contributed by atoms with Gasteiger partial charge in [0.2, 0.25) is 0 Å². The Morgan fingerprint density at radius 1 is 0.759 bits per heavy atom. The second-order valence-electron chi connectivity index (χ2n) is 6.12. The average Bonchev–Trinajstić information content (AvgIpc) is 2.61. The van der Waals surface area contributed by atoms with Crippen LogP contribution in [0.1, 0.15) is 16.7 Å². The highest BCUT2D eigenvalue weighted by Gasteiger charge is 2.51. The summed E-state index contributed by atoms with van der Waals surface area (Å²) in [7, 11) is -5.08. The van der Waals surface area contributed by atoms with Crippen molar-refractivity contribution in [1.29, 1.82) is 0 Å². The Kier molecular flexibility index (Phi) is 5.98. The fourth-order valence-corrected chi connectivity index (χ4v) is 5.27. The number of benzene rings is 3. The molecular weight excluding hydrogens is 482 g/mol. The molecule has 3 aromatic rings. The normalized spacial score (nSPS) is 13.8. The number of hydrogen-bond acceptors (Lipinski definition) is 4. The van der Waals surface area contributed by atoms with Crippen LogP contribution in [-0.4, -0.2) is 23.2 Å².